The molecule has 0 spiro atoms. The number of nitrogens with zero attached hydrogens (tertiary/aromatic N) is 3. The number of pyridine rings is 1. The Bertz CT molecular complexity index is 904. The van der Waals surface area contributed by atoms with Crippen LogP contribution in [0.2, 0.25) is 0 Å². The first-order valence-corrected chi connectivity index (χ1v) is 6.99. The van der Waals surface area contributed by atoms with Gasteiger partial charge in [-0.15, -0.1) is 11.3 Å². The molecular weight excluding hydrogens is 270 g/mol. The Balaban J connectivity index is 1.78. The number of rotatable bonds is 2. The summed E-state index contributed by atoms with van der Waals surface area (Å²) >= 11 is 1.57. The fourth-order valence-electron chi connectivity index (χ4n) is 2.06. The zero-order valence-corrected chi connectivity index (χ0v) is 11.2. The fourth-order valence-corrected chi connectivity index (χ4v) is 2.83. The Morgan fingerprint density at radius 1 is 0.950 bits per heavy atom. The normalized spacial score (nSPS) is 11.0. The Morgan fingerprint density at radius 3 is 2.95 bits per heavy atom. The van der Waals surface area contributed by atoms with Gasteiger partial charge in [0.2, 0.25) is 5.88 Å². The van der Waals surface area contributed by atoms with Crippen molar-refractivity contribution in [2.24, 2.45) is 0 Å². The quantitative estimate of drug-likeness (QED) is 0.556. The maximum absolute atomic E-state index is 5.88. The number of hydrogen-bond donors (Lipinski definition) is 0. The minimum absolute atomic E-state index is 0.584. The molecule has 0 fully saturated rings. The molecule has 4 aromatic rings. The van der Waals surface area contributed by atoms with Crippen LogP contribution in [-0.2, 0) is 0 Å². The predicted octanol–water partition coefficient (Wildman–Crippen LogP) is 4.03. The molecule has 0 N–H and O–H groups in total. The van der Waals surface area contributed by atoms with E-state index >= 15 is 0 Å². The SMILES string of the molecule is c1cnc2cc(Oc3ncnc4ccsc34)ccc2c1. The van der Waals surface area contributed by atoms with E-state index in [2.05, 4.69) is 15.0 Å². The van der Waals surface area contributed by atoms with E-state index in [0.29, 0.717) is 5.88 Å². The maximum atomic E-state index is 5.88. The number of fused-ring (bicyclic) bond motifs is 2. The van der Waals surface area contributed by atoms with Crippen molar-refractivity contribution in [3.8, 4) is 11.6 Å². The van der Waals surface area contributed by atoms with Crippen molar-refractivity contribution in [1.29, 1.82) is 0 Å². The molecule has 0 saturated heterocycles. The van der Waals surface area contributed by atoms with Gasteiger partial charge in [-0.25, -0.2) is 9.97 Å². The van der Waals surface area contributed by atoms with Gasteiger partial charge in [-0.05, 0) is 29.6 Å². The summed E-state index contributed by atoms with van der Waals surface area (Å²) in [7, 11) is 0. The Morgan fingerprint density at radius 2 is 1.95 bits per heavy atom. The molecule has 3 aromatic heterocycles. The summed E-state index contributed by atoms with van der Waals surface area (Å²) in [4.78, 5) is 12.7. The molecule has 4 rings (SSSR count). The van der Waals surface area contributed by atoms with Crippen molar-refractivity contribution < 1.29 is 4.74 Å². The number of ether oxygens (including phenoxy) is 1. The van der Waals surface area contributed by atoms with Gasteiger partial charge in [0.05, 0.1) is 11.0 Å². The van der Waals surface area contributed by atoms with Gasteiger partial charge in [0, 0.05) is 17.6 Å². The van der Waals surface area contributed by atoms with Gasteiger partial charge in [-0.3, -0.25) is 4.98 Å². The molecule has 0 radical (unpaired) electrons. The van der Waals surface area contributed by atoms with Crippen LogP contribution in [-0.4, -0.2) is 15.0 Å². The van der Waals surface area contributed by atoms with Crippen LogP contribution in [0.25, 0.3) is 21.1 Å². The van der Waals surface area contributed by atoms with Crippen LogP contribution in [0.4, 0.5) is 0 Å². The van der Waals surface area contributed by atoms with Crippen LogP contribution in [0.15, 0.2) is 54.3 Å². The summed E-state index contributed by atoms with van der Waals surface area (Å²) in [5.41, 5.74) is 1.81. The van der Waals surface area contributed by atoms with E-state index in [9.17, 15) is 0 Å². The lowest BCUT2D eigenvalue weighted by molar-refractivity contribution is 0.469. The second kappa shape index (κ2) is 4.54. The Kier molecular flexibility index (Phi) is 2.57. The van der Waals surface area contributed by atoms with E-state index in [-0.39, 0.29) is 0 Å². The first-order valence-electron chi connectivity index (χ1n) is 6.11. The summed E-state index contributed by atoms with van der Waals surface area (Å²) in [5, 5.41) is 3.07. The van der Waals surface area contributed by atoms with Crippen molar-refractivity contribution in [2.45, 2.75) is 0 Å². The highest BCUT2D eigenvalue weighted by Gasteiger charge is 2.07. The molecule has 96 valence electrons. The van der Waals surface area contributed by atoms with Gasteiger partial charge in [0.15, 0.2) is 0 Å². The zero-order chi connectivity index (χ0) is 13.4. The predicted molar refractivity (Wildman–Crippen MR) is 79.2 cm³/mol. The minimum Gasteiger partial charge on any atom is -0.437 e. The van der Waals surface area contributed by atoms with E-state index in [4.69, 9.17) is 4.74 Å². The first kappa shape index (κ1) is 11.3. The number of hydrogen-bond acceptors (Lipinski definition) is 5. The third-order valence-corrected chi connectivity index (χ3v) is 3.89. The summed E-state index contributed by atoms with van der Waals surface area (Å²) < 4.78 is 6.83. The monoisotopic (exact) mass is 279 g/mol. The molecule has 0 unspecified atom stereocenters. The van der Waals surface area contributed by atoms with E-state index in [1.807, 2.05) is 41.8 Å². The standard InChI is InChI=1S/C15H9N3OS/c1-2-10-3-4-11(8-13(10)16-6-1)19-15-14-12(5-7-20-14)17-9-18-15/h1-9H. The highest BCUT2D eigenvalue weighted by molar-refractivity contribution is 7.17. The van der Waals surface area contributed by atoms with Crippen molar-refractivity contribution >= 4 is 32.5 Å². The van der Waals surface area contributed by atoms with Gasteiger partial charge in [0.1, 0.15) is 16.8 Å². The molecule has 0 bridgehead atoms. The van der Waals surface area contributed by atoms with Crippen molar-refractivity contribution in [3.05, 3.63) is 54.3 Å². The highest BCUT2D eigenvalue weighted by Crippen LogP contribution is 2.31. The van der Waals surface area contributed by atoms with Crippen LogP contribution in [0.3, 0.4) is 0 Å². The maximum Gasteiger partial charge on any atom is 0.240 e. The molecule has 0 aliphatic carbocycles. The van der Waals surface area contributed by atoms with Crippen molar-refractivity contribution in [3.63, 3.8) is 0 Å². The average molecular weight is 279 g/mol. The molecule has 0 amide bonds. The number of benzene rings is 1. The van der Waals surface area contributed by atoms with Gasteiger partial charge < -0.3 is 4.74 Å². The van der Waals surface area contributed by atoms with E-state index in [1.54, 1.807) is 17.5 Å². The number of thiophene rings is 1. The van der Waals surface area contributed by atoms with Crippen molar-refractivity contribution in [2.75, 3.05) is 0 Å². The van der Waals surface area contributed by atoms with Gasteiger partial charge >= 0.3 is 0 Å². The zero-order valence-electron chi connectivity index (χ0n) is 10.4. The van der Waals surface area contributed by atoms with Crippen LogP contribution in [0, 0.1) is 0 Å². The summed E-state index contributed by atoms with van der Waals surface area (Å²) in [6.45, 7) is 0. The van der Waals surface area contributed by atoms with Crippen molar-refractivity contribution in [1.82, 2.24) is 15.0 Å². The Labute approximate surface area is 118 Å². The van der Waals surface area contributed by atoms with E-state index < -0.39 is 0 Å². The molecule has 1 aromatic carbocycles. The molecule has 0 aliphatic heterocycles. The molecule has 0 aliphatic rings. The first-order chi connectivity index (χ1) is 9.90. The Hall–Kier alpha value is -2.53. The van der Waals surface area contributed by atoms with E-state index in [1.165, 1.54) is 6.33 Å². The summed E-state index contributed by atoms with van der Waals surface area (Å²) in [6, 6.07) is 11.7. The molecule has 0 saturated carbocycles. The molecular formula is C15H9N3OS. The second-order valence-electron chi connectivity index (χ2n) is 4.27. The third kappa shape index (κ3) is 1.88. The van der Waals surface area contributed by atoms with Crippen LogP contribution in [0.1, 0.15) is 0 Å². The van der Waals surface area contributed by atoms with Crippen LogP contribution < -0.4 is 4.74 Å². The fraction of sp³-hybridized carbons (Fsp3) is 0. The molecule has 20 heavy (non-hydrogen) atoms. The van der Waals surface area contributed by atoms with Gasteiger partial charge in [-0.1, -0.05) is 6.07 Å². The highest BCUT2D eigenvalue weighted by atomic mass is 32.1. The van der Waals surface area contributed by atoms with Gasteiger partial charge in [-0.2, -0.15) is 0 Å². The van der Waals surface area contributed by atoms with Crippen LogP contribution >= 0.6 is 11.3 Å². The average Bonchev–Trinajstić information content (AvgIpc) is 2.97. The lowest BCUT2D eigenvalue weighted by Gasteiger charge is -2.06. The summed E-state index contributed by atoms with van der Waals surface area (Å²) in [5.74, 6) is 1.31. The van der Waals surface area contributed by atoms with Crippen LogP contribution in [0.5, 0.6) is 11.6 Å². The minimum atomic E-state index is 0.584. The molecule has 5 heteroatoms. The lowest BCUT2D eigenvalue weighted by Crippen LogP contribution is -1.89. The number of aromatic nitrogens is 3. The molecule has 0 atom stereocenters. The second-order valence-corrected chi connectivity index (χ2v) is 5.19. The molecule has 3 heterocycles. The topological polar surface area (TPSA) is 47.9 Å². The summed E-state index contributed by atoms with van der Waals surface area (Å²) in [6.07, 6.45) is 3.29. The van der Waals surface area contributed by atoms with E-state index in [0.717, 1.165) is 26.9 Å². The lowest BCUT2D eigenvalue weighted by atomic mass is 10.2. The van der Waals surface area contributed by atoms with Gasteiger partial charge in [0.25, 0.3) is 0 Å². The largest absolute Gasteiger partial charge is 0.437 e. The third-order valence-electron chi connectivity index (χ3n) is 3.00. The smallest absolute Gasteiger partial charge is 0.240 e. The molecule has 4 nitrogen and oxygen atoms in total.